The second kappa shape index (κ2) is 7.64. The average Bonchev–Trinajstić information content (AvgIpc) is 3.28. The lowest BCUT2D eigenvalue weighted by Gasteiger charge is -2.17. The van der Waals surface area contributed by atoms with Crippen molar-refractivity contribution in [2.75, 3.05) is 27.3 Å². The molecule has 134 valence electrons. The molecule has 1 unspecified atom stereocenters. The fourth-order valence-electron chi connectivity index (χ4n) is 3.33. The molecule has 0 saturated carbocycles. The molecule has 0 aliphatic carbocycles. The van der Waals surface area contributed by atoms with Crippen LogP contribution in [0.2, 0.25) is 0 Å². The van der Waals surface area contributed by atoms with E-state index in [1.807, 2.05) is 42.2 Å². The molecule has 5 nitrogen and oxygen atoms in total. The fourth-order valence-corrected chi connectivity index (χ4v) is 3.33. The third-order valence-electron chi connectivity index (χ3n) is 4.77. The lowest BCUT2D eigenvalue weighted by Crippen LogP contribution is -2.28. The van der Waals surface area contributed by atoms with Gasteiger partial charge in [-0.25, -0.2) is 0 Å². The molecule has 5 heteroatoms. The molecule has 3 rings (SSSR count). The lowest BCUT2D eigenvalue weighted by molar-refractivity contribution is -0.130. The van der Waals surface area contributed by atoms with Crippen LogP contribution in [0.3, 0.4) is 0 Å². The molecule has 2 aromatic rings. The number of furan rings is 1. The largest absolute Gasteiger partial charge is 0.497 e. The number of rotatable bonds is 6. The Morgan fingerprint density at radius 2 is 1.92 bits per heavy atom. The molecule has 1 aliphatic heterocycles. The Labute approximate surface area is 148 Å². The van der Waals surface area contributed by atoms with Gasteiger partial charge in [-0.05, 0) is 43.2 Å². The maximum atomic E-state index is 12.5. The fraction of sp³-hybridized carbons (Fsp3) is 0.450. The molecular formula is C20H25NO4. The van der Waals surface area contributed by atoms with E-state index in [0.29, 0.717) is 18.8 Å². The van der Waals surface area contributed by atoms with Crippen molar-refractivity contribution in [3.05, 3.63) is 47.4 Å². The predicted molar refractivity (Wildman–Crippen MR) is 95.3 cm³/mol. The smallest absolute Gasteiger partial charge is 0.223 e. The third kappa shape index (κ3) is 4.16. The first-order valence-corrected chi connectivity index (χ1v) is 8.65. The minimum Gasteiger partial charge on any atom is -0.497 e. The molecule has 0 radical (unpaired) electrons. The predicted octanol–water partition coefficient (Wildman–Crippen LogP) is 3.55. The molecule has 1 aromatic carbocycles. The van der Waals surface area contributed by atoms with Gasteiger partial charge in [-0.3, -0.25) is 4.79 Å². The molecule has 0 spiro atoms. The van der Waals surface area contributed by atoms with Crippen molar-refractivity contribution in [2.45, 2.75) is 32.1 Å². The zero-order chi connectivity index (χ0) is 17.8. The number of carbonyl (C=O) groups is 1. The van der Waals surface area contributed by atoms with E-state index in [2.05, 4.69) is 0 Å². The van der Waals surface area contributed by atoms with E-state index >= 15 is 0 Å². The van der Waals surface area contributed by atoms with Gasteiger partial charge in [0, 0.05) is 37.9 Å². The van der Waals surface area contributed by atoms with Gasteiger partial charge in [-0.2, -0.15) is 0 Å². The number of ether oxygens (including phenoxy) is 2. The highest BCUT2D eigenvalue weighted by molar-refractivity contribution is 5.76. The van der Waals surface area contributed by atoms with Gasteiger partial charge in [-0.1, -0.05) is 0 Å². The minimum atomic E-state index is 0.186. The Morgan fingerprint density at radius 1 is 1.20 bits per heavy atom. The van der Waals surface area contributed by atoms with Gasteiger partial charge in [0.2, 0.25) is 5.91 Å². The van der Waals surface area contributed by atoms with Gasteiger partial charge < -0.3 is 18.8 Å². The van der Waals surface area contributed by atoms with Crippen LogP contribution in [0.1, 0.15) is 35.8 Å². The van der Waals surface area contributed by atoms with Crippen molar-refractivity contribution >= 4 is 5.91 Å². The van der Waals surface area contributed by atoms with Crippen LogP contribution in [0.25, 0.3) is 0 Å². The maximum Gasteiger partial charge on any atom is 0.223 e. The van der Waals surface area contributed by atoms with Gasteiger partial charge in [-0.15, -0.1) is 0 Å². The van der Waals surface area contributed by atoms with Crippen molar-refractivity contribution in [3.63, 3.8) is 0 Å². The Hall–Kier alpha value is -2.43. The summed E-state index contributed by atoms with van der Waals surface area (Å²) in [6.45, 7) is 3.45. The summed E-state index contributed by atoms with van der Waals surface area (Å²) in [5.74, 6) is 3.83. The molecule has 1 fully saturated rings. The normalized spacial score (nSPS) is 16.9. The molecule has 0 bridgehead atoms. The van der Waals surface area contributed by atoms with Gasteiger partial charge in [0.1, 0.15) is 23.0 Å². The van der Waals surface area contributed by atoms with E-state index in [1.54, 1.807) is 14.2 Å². The molecule has 1 amide bonds. The van der Waals surface area contributed by atoms with E-state index in [4.69, 9.17) is 13.9 Å². The molecule has 1 atom stereocenters. The summed E-state index contributed by atoms with van der Waals surface area (Å²) in [5, 5.41) is 0. The van der Waals surface area contributed by atoms with Crippen molar-refractivity contribution < 1.29 is 18.7 Å². The quantitative estimate of drug-likeness (QED) is 0.805. The second-order valence-corrected chi connectivity index (χ2v) is 6.48. The first-order valence-electron chi connectivity index (χ1n) is 8.65. The highest BCUT2D eigenvalue weighted by Crippen LogP contribution is 2.33. The first kappa shape index (κ1) is 17.4. The van der Waals surface area contributed by atoms with Crippen LogP contribution in [0.5, 0.6) is 11.5 Å². The number of hydrogen-bond donors (Lipinski definition) is 0. The van der Waals surface area contributed by atoms with E-state index in [9.17, 15) is 4.79 Å². The Kier molecular flexibility index (Phi) is 5.31. The number of amides is 1. The summed E-state index contributed by atoms with van der Waals surface area (Å²) < 4.78 is 16.2. The molecule has 0 N–H and O–H groups in total. The Morgan fingerprint density at radius 3 is 2.52 bits per heavy atom. The average molecular weight is 343 g/mol. The van der Waals surface area contributed by atoms with Gasteiger partial charge in [0.15, 0.2) is 0 Å². The zero-order valence-electron chi connectivity index (χ0n) is 15.1. The molecule has 2 heterocycles. The van der Waals surface area contributed by atoms with Crippen molar-refractivity contribution in [2.24, 2.45) is 0 Å². The lowest BCUT2D eigenvalue weighted by atomic mass is 9.98. The summed E-state index contributed by atoms with van der Waals surface area (Å²) in [7, 11) is 3.30. The number of methoxy groups -OCH3 is 2. The first-order chi connectivity index (χ1) is 12.1. The molecule has 1 aliphatic rings. The molecule has 1 aromatic heterocycles. The number of nitrogens with zero attached hydrogens (tertiary/aromatic N) is 1. The highest BCUT2D eigenvalue weighted by atomic mass is 16.5. The Balaban J connectivity index is 1.60. The van der Waals surface area contributed by atoms with E-state index < -0.39 is 0 Å². The number of carbonyl (C=O) groups excluding carboxylic acids is 1. The second-order valence-electron chi connectivity index (χ2n) is 6.48. The summed E-state index contributed by atoms with van der Waals surface area (Å²) in [6.07, 6.45) is 2.10. The van der Waals surface area contributed by atoms with Gasteiger partial charge >= 0.3 is 0 Å². The van der Waals surface area contributed by atoms with Crippen molar-refractivity contribution in [3.8, 4) is 11.5 Å². The van der Waals surface area contributed by atoms with Crippen LogP contribution in [0, 0.1) is 6.92 Å². The number of aryl methyl sites for hydroxylation is 2. The highest BCUT2D eigenvalue weighted by Gasteiger charge is 2.27. The Bertz CT molecular complexity index is 715. The van der Waals surface area contributed by atoms with E-state index in [1.165, 1.54) is 0 Å². The maximum absolute atomic E-state index is 12.5. The van der Waals surface area contributed by atoms with Gasteiger partial charge in [0.25, 0.3) is 0 Å². The zero-order valence-corrected chi connectivity index (χ0v) is 15.1. The third-order valence-corrected chi connectivity index (χ3v) is 4.77. The summed E-state index contributed by atoms with van der Waals surface area (Å²) in [6, 6.07) is 9.81. The summed E-state index contributed by atoms with van der Waals surface area (Å²) in [5.41, 5.74) is 1.16. The van der Waals surface area contributed by atoms with Crippen LogP contribution in [0.15, 0.2) is 34.7 Å². The topological polar surface area (TPSA) is 51.9 Å². The van der Waals surface area contributed by atoms with Crippen LogP contribution in [-0.4, -0.2) is 38.1 Å². The minimum absolute atomic E-state index is 0.186. The summed E-state index contributed by atoms with van der Waals surface area (Å²) >= 11 is 0. The van der Waals surface area contributed by atoms with Crippen molar-refractivity contribution in [1.29, 1.82) is 0 Å². The van der Waals surface area contributed by atoms with Crippen LogP contribution >= 0.6 is 0 Å². The van der Waals surface area contributed by atoms with Crippen LogP contribution in [0.4, 0.5) is 0 Å². The van der Waals surface area contributed by atoms with Crippen LogP contribution in [-0.2, 0) is 11.2 Å². The molecular weight excluding hydrogens is 318 g/mol. The monoisotopic (exact) mass is 343 g/mol. The van der Waals surface area contributed by atoms with Crippen LogP contribution < -0.4 is 9.47 Å². The van der Waals surface area contributed by atoms with E-state index in [0.717, 1.165) is 48.1 Å². The SMILES string of the molecule is COc1cc(OC)cc(C2CCN(C(=O)CCc3ccc(C)o3)C2)c1. The van der Waals surface area contributed by atoms with Crippen molar-refractivity contribution in [1.82, 2.24) is 4.90 Å². The standard InChI is InChI=1S/C20H25NO4/c1-14-4-5-17(25-14)6-7-20(22)21-9-8-15(13-21)16-10-18(23-2)12-19(11-16)24-3/h4-5,10-12,15H,6-9,13H2,1-3H3. The van der Waals surface area contributed by atoms with Gasteiger partial charge in [0.05, 0.1) is 14.2 Å². The summed E-state index contributed by atoms with van der Waals surface area (Å²) in [4.78, 5) is 14.4. The number of likely N-dealkylation sites (tertiary alicyclic amines) is 1. The number of benzene rings is 1. The van der Waals surface area contributed by atoms with E-state index in [-0.39, 0.29) is 5.91 Å². The number of hydrogen-bond acceptors (Lipinski definition) is 4. The molecule has 1 saturated heterocycles. The molecule has 25 heavy (non-hydrogen) atoms.